The van der Waals surface area contributed by atoms with E-state index in [-0.39, 0.29) is 17.4 Å². The molecule has 0 saturated carbocycles. The minimum absolute atomic E-state index is 0.0579. The first-order valence-corrected chi connectivity index (χ1v) is 11.6. The minimum atomic E-state index is -0.705. The van der Waals surface area contributed by atoms with Gasteiger partial charge in [0.2, 0.25) is 0 Å². The van der Waals surface area contributed by atoms with Crippen LogP contribution < -0.4 is 4.74 Å². The van der Waals surface area contributed by atoms with E-state index in [2.05, 4.69) is 4.98 Å². The highest BCUT2D eigenvalue weighted by Gasteiger charge is 2.45. The van der Waals surface area contributed by atoms with E-state index in [4.69, 9.17) is 16.3 Å². The number of Topliss-reactive ketones (excluding diaryl/α,β-unsaturated/α-hetero) is 1. The van der Waals surface area contributed by atoms with Crippen LogP contribution in [0.2, 0.25) is 5.02 Å². The third kappa shape index (κ3) is 4.07. The Morgan fingerprint density at radius 2 is 1.97 bits per heavy atom. The highest BCUT2D eigenvalue weighted by atomic mass is 35.5. The Kier molecular flexibility index (Phi) is 5.87. The predicted molar refractivity (Wildman–Crippen MR) is 128 cm³/mol. The van der Waals surface area contributed by atoms with Gasteiger partial charge >= 0.3 is 0 Å². The molecule has 1 N–H and O–H groups in total. The molecule has 7 nitrogen and oxygen atoms in total. The topological polar surface area (TPSA) is 84.7 Å². The lowest BCUT2D eigenvalue weighted by atomic mass is 9.94. The number of carbonyl (C=O) groups is 2. The van der Waals surface area contributed by atoms with E-state index in [1.54, 1.807) is 48.9 Å². The van der Waals surface area contributed by atoms with E-state index in [0.717, 1.165) is 17.7 Å². The first-order valence-electron chi connectivity index (χ1n) is 11.2. The van der Waals surface area contributed by atoms with E-state index in [9.17, 15) is 14.7 Å². The fraction of sp³-hybridized carbons (Fsp3) is 0.269. The number of hydrogen-bond donors (Lipinski definition) is 1. The molecule has 1 fully saturated rings. The van der Waals surface area contributed by atoms with Crippen LogP contribution >= 0.6 is 11.6 Å². The maximum Gasteiger partial charge on any atom is 0.295 e. The number of aryl methyl sites for hydroxylation is 1. The Morgan fingerprint density at radius 1 is 1.18 bits per heavy atom. The summed E-state index contributed by atoms with van der Waals surface area (Å²) in [7, 11) is 0. The molecule has 2 aliphatic heterocycles. The van der Waals surface area contributed by atoms with Crippen LogP contribution in [0, 0.1) is 0 Å². The summed E-state index contributed by atoms with van der Waals surface area (Å²) in [6, 6.07) is 11.7. The van der Waals surface area contributed by atoms with Crippen molar-refractivity contribution in [3.63, 3.8) is 0 Å². The molecule has 1 saturated heterocycles. The summed E-state index contributed by atoms with van der Waals surface area (Å²) in [6.07, 6.45) is 6.67. The van der Waals surface area contributed by atoms with Gasteiger partial charge in [-0.25, -0.2) is 4.98 Å². The van der Waals surface area contributed by atoms with Crippen molar-refractivity contribution in [2.75, 3.05) is 6.54 Å². The standard InChI is InChI=1S/C26H24ClN3O4/c1-16-13-19-14-18(5-8-21(19)34-16)24(31)22-23(17-3-6-20(27)7-4-17)30(26(33)25(22)32)11-2-10-29-12-9-28-15-29/h3-9,12,14-16,23,31H,2,10-11,13H2,1H3/t16-,23-/m1/s1. The normalized spacial score (nSPS) is 21.1. The number of ether oxygens (including phenoxy) is 1. The van der Waals surface area contributed by atoms with E-state index in [0.29, 0.717) is 35.7 Å². The second kappa shape index (κ2) is 8.99. The van der Waals surface area contributed by atoms with E-state index in [1.165, 1.54) is 4.90 Å². The number of imidazole rings is 1. The van der Waals surface area contributed by atoms with Crippen molar-refractivity contribution in [2.45, 2.75) is 38.5 Å². The quantitative estimate of drug-likeness (QED) is 0.324. The largest absolute Gasteiger partial charge is 0.507 e. The van der Waals surface area contributed by atoms with Crippen LogP contribution in [0.3, 0.4) is 0 Å². The third-order valence-corrected chi connectivity index (χ3v) is 6.52. The second-order valence-electron chi connectivity index (χ2n) is 8.65. The Labute approximate surface area is 202 Å². The summed E-state index contributed by atoms with van der Waals surface area (Å²) < 4.78 is 7.67. The van der Waals surface area contributed by atoms with Crippen LogP contribution in [0.25, 0.3) is 5.76 Å². The molecule has 8 heteroatoms. The molecule has 3 aromatic rings. The lowest BCUT2D eigenvalue weighted by molar-refractivity contribution is -0.139. The molecule has 3 heterocycles. The summed E-state index contributed by atoms with van der Waals surface area (Å²) in [6.45, 7) is 2.98. The van der Waals surface area contributed by atoms with Gasteiger partial charge in [0.15, 0.2) is 0 Å². The van der Waals surface area contributed by atoms with Gasteiger partial charge in [-0.3, -0.25) is 9.59 Å². The Bertz CT molecular complexity index is 1270. The van der Waals surface area contributed by atoms with Crippen LogP contribution in [0.1, 0.15) is 36.1 Å². The predicted octanol–water partition coefficient (Wildman–Crippen LogP) is 4.37. The lowest BCUT2D eigenvalue weighted by Gasteiger charge is -2.25. The maximum atomic E-state index is 13.2. The first-order chi connectivity index (χ1) is 16.4. The average Bonchev–Trinajstić information content (AvgIpc) is 3.53. The number of fused-ring (bicyclic) bond motifs is 1. The third-order valence-electron chi connectivity index (χ3n) is 6.27. The zero-order valence-electron chi connectivity index (χ0n) is 18.6. The number of rotatable bonds is 6. The molecule has 1 aromatic heterocycles. The Balaban J connectivity index is 1.52. The zero-order valence-corrected chi connectivity index (χ0v) is 19.4. The van der Waals surface area contributed by atoms with E-state index < -0.39 is 17.7 Å². The fourth-order valence-corrected chi connectivity index (χ4v) is 4.80. The van der Waals surface area contributed by atoms with Crippen molar-refractivity contribution in [1.82, 2.24) is 14.5 Å². The van der Waals surface area contributed by atoms with Crippen molar-refractivity contribution in [3.05, 3.63) is 88.5 Å². The number of benzene rings is 2. The Hall–Kier alpha value is -3.58. The molecule has 0 spiro atoms. The first kappa shape index (κ1) is 22.2. The van der Waals surface area contributed by atoms with Gasteiger partial charge in [0.05, 0.1) is 17.9 Å². The molecule has 174 valence electrons. The molecule has 5 rings (SSSR count). The molecular formula is C26H24ClN3O4. The Morgan fingerprint density at radius 3 is 2.71 bits per heavy atom. The number of nitrogens with zero attached hydrogens (tertiary/aromatic N) is 3. The van der Waals surface area contributed by atoms with E-state index in [1.807, 2.05) is 23.8 Å². The number of aliphatic hydroxyl groups excluding tert-OH is 1. The van der Waals surface area contributed by atoms with Crippen LogP contribution in [0.15, 0.2) is 66.8 Å². The van der Waals surface area contributed by atoms with Gasteiger partial charge in [0.25, 0.3) is 11.7 Å². The average molecular weight is 478 g/mol. The van der Waals surface area contributed by atoms with Gasteiger partial charge in [-0.05, 0) is 54.8 Å². The zero-order chi connectivity index (χ0) is 23.8. The minimum Gasteiger partial charge on any atom is -0.507 e. The number of carbonyl (C=O) groups excluding carboxylic acids is 2. The molecule has 0 radical (unpaired) electrons. The summed E-state index contributed by atoms with van der Waals surface area (Å²) >= 11 is 6.08. The second-order valence-corrected chi connectivity index (χ2v) is 9.09. The molecule has 2 atom stereocenters. The van der Waals surface area contributed by atoms with Gasteiger partial charge in [-0.2, -0.15) is 0 Å². The van der Waals surface area contributed by atoms with Crippen molar-refractivity contribution in [1.29, 1.82) is 0 Å². The summed E-state index contributed by atoms with van der Waals surface area (Å²) in [5.41, 5.74) is 2.26. The van der Waals surface area contributed by atoms with Crippen molar-refractivity contribution in [2.24, 2.45) is 0 Å². The van der Waals surface area contributed by atoms with Gasteiger partial charge in [0, 0.05) is 42.5 Å². The molecule has 0 aliphatic carbocycles. The van der Waals surface area contributed by atoms with Gasteiger partial charge in [-0.1, -0.05) is 23.7 Å². The van der Waals surface area contributed by atoms with Crippen molar-refractivity contribution in [3.8, 4) is 5.75 Å². The number of aliphatic hydroxyl groups is 1. The summed E-state index contributed by atoms with van der Waals surface area (Å²) in [4.78, 5) is 31.8. The molecule has 34 heavy (non-hydrogen) atoms. The number of ketones is 1. The van der Waals surface area contributed by atoms with Crippen LogP contribution in [0.4, 0.5) is 0 Å². The summed E-state index contributed by atoms with van der Waals surface area (Å²) in [5, 5.41) is 11.8. The molecule has 1 amide bonds. The highest BCUT2D eigenvalue weighted by Crippen LogP contribution is 2.41. The fourth-order valence-electron chi connectivity index (χ4n) is 4.67. The van der Waals surface area contributed by atoms with Gasteiger partial charge in [-0.15, -0.1) is 0 Å². The van der Waals surface area contributed by atoms with E-state index >= 15 is 0 Å². The highest BCUT2D eigenvalue weighted by molar-refractivity contribution is 6.46. The number of halogens is 1. The lowest BCUT2D eigenvalue weighted by Crippen LogP contribution is -2.31. The molecule has 0 unspecified atom stereocenters. The number of likely N-dealkylation sites (tertiary alicyclic amines) is 1. The van der Waals surface area contributed by atoms with Crippen molar-refractivity contribution < 1.29 is 19.4 Å². The monoisotopic (exact) mass is 477 g/mol. The SMILES string of the molecule is C[C@@H]1Cc2cc(C(O)=C3C(=O)C(=O)N(CCCn4ccnc4)[C@@H]3c3ccc(Cl)cc3)ccc2O1. The maximum absolute atomic E-state index is 13.2. The molecule has 0 bridgehead atoms. The molecular weight excluding hydrogens is 454 g/mol. The van der Waals surface area contributed by atoms with Crippen LogP contribution in [0.5, 0.6) is 5.75 Å². The summed E-state index contributed by atoms with van der Waals surface area (Å²) in [5.74, 6) is -0.716. The number of aromatic nitrogens is 2. The number of amides is 1. The van der Waals surface area contributed by atoms with Crippen molar-refractivity contribution >= 4 is 29.1 Å². The van der Waals surface area contributed by atoms with Crippen LogP contribution in [-0.2, 0) is 22.6 Å². The van der Waals surface area contributed by atoms with Gasteiger partial charge < -0.3 is 19.3 Å². The molecule has 2 aliphatic rings. The number of hydrogen-bond acceptors (Lipinski definition) is 5. The molecule has 2 aromatic carbocycles. The van der Waals surface area contributed by atoms with Crippen LogP contribution in [-0.4, -0.2) is 43.9 Å². The van der Waals surface area contributed by atoms with Gasteiger partial charge in [0.1, 0.15) is 17.6 Å². The smallest absolute Gasteiger partial charge is 0.295 e.